The number of hydrogen-bond donors (Lipinski definition) is 4. The van der Waals surface area contributed by atoms with Crippen molar-refractivity contribution in [2.75, 3.05) is 17.2 Å². The van der Waals surface area contributed by atoms with Crippen molar-refractivity contribution in [3.63, 3.8) is 0 Å². The van der Waals surface area contributed by atoms with Crippen molar-refractivity contribution in [2.45, 2.75) is 6.54 Å². The molecule has 32 heavy (non-hydrogen) atoms. The lowest BCUT2D eigenvalue weighted by molar-refractivity contribution is 0.0951. The minimum absolute atomic E-state index is 0.197. The maximum Gasteiger partial charge on any atom is 0.251 e. The van der Waals surface area contributed by atoms with Gasteiger partial charge in [-0.3, -0.25) is 4.79 Å². The van der Waals surface area contributed by atoms with E-state index < -0.39 is 0 Å². The number of nitrogens with one attached hydrogen (secondary N) is 1. The van der Waals surface area contributed by atoms with Crippen LogP contribution in [0.5, 0.6) is 0 Å². The van der Waals surface area contributed by atoms with Crippen LogP contribution in [-0.4, -0.2) is 10.9 Å². The summed E-state index contributed by atoms with van der Waals surface area (Å²) in [5, 5.41) is 5.21. The lowest BCUT2D eigenvalue weighted by atomic mass is 10.1. The average Bonchev–Trinajstić information content (AvgIpc) is 2.79. The van der Waals surface area contributed by atoms with E-state index in [4.69, 9.17) is 28.8 Å². The number of fused-ring (bicyclic) bond motifs is 1. The molecule has 0 saturated heterocycles. The first-order valence-electron chi connectivity index (χ1n) is 9.78. The number of amides is 1. The van der Waals surface area contributed by atoms with Gasteiger partial charge in [-0.25, -0.2) is 4.98 Å². The maximum atomic E-state index is 12.4. The smallest absolute Gasteiger partial charge is 0.251 e. The Balaban J connectivity index is 1.49. The summed E-state index contributed by atoms with van der Waals surface area (Å²) in [4.78, 5) is 16.6. The van der Waals surface area contributed by atoms with Gasteiger partial charge in [0.1, 0.15) is 5.82 Å². The number of aromatic nitrogens is 1. The Bertz CT molecular complexity index is 1380. The molecule has 1 amide bonds. The van der Waals surface area contributed by atoms with E-state index in [1.54, 1.807) is 48.7 Å². The van der Waals surface area contributed by atoms with Gasteiger partial charge >= 0.3 is 0 Å². The zero-order valence-corrected chi connectivity index (χ0v) is 17.8. The van der Waals surface area contributed by atoms with Crippen molar-refractivity contribution in [3.8, 4) is 11.8 Å². The van der Waals surface area contributed by atoms with Gasteiger partial charge in [-0.2, -0.15) is 0 Å². The molecule has 0 aliphatic carbocycles. The Labute approximate surface area is 190 Å². The molecule has 3 aromatic carbocycles. The van der Waals surface area contributed by atoms with Crippen molar-refractivity contribution < 1.29 is 4.79 Å². The fraction of sp³-hybridized carbons (Fsp3) is 0.0400. The van der Waals surface area contributed by atoms with E-state index in [1.165, 1.54) is 0 Å². The van der Waals surface area contributed by atoms with E-state index in [0.29, 0.717) is 39.9 Å². The topological polar surface area (TPSA) is 120 Å². The summed E-state index contributed by atoms with van der Waals surface area (Å²) < 4.78 is 0. The molecule has 0 unspecified atom stereocenters. The minimum Gasteiger partial charge on any atom is -0.397 e. The Hall–Kier alpha value is -4.21. The molecular formula is C25H20ClN5O. The molecule has 7 heteroatoms. The van der Waals surface area contributed by atoms with Crippen LogP contribution in [0.25, 0.3) is 10.8 Å². The highest BCUT2D eigenvalue weighted by Crippen LogP contribution is 2.25. The summed E-state index contributed by atoms with van der Waals surface area (Å²) in [6.45, 7) is 0.348. The van der Waals surface area contributed by atoms with E-state index >= 15 is 0 Å². The molecule has 0 aliphatic heterocycles. The molecule has 0 spiro atoms. The molecule has 0 fully saturated rings. The van der Waals surface area contributed by atoms with Crippen LogP contribution < -0.4 is 22.5 Å². The van der Waals surface area contributed by atoms with Crippen molar-refractivity contribution >= 4 is 45.5 Å². The fourth-order valence-electron chi connectivity index (χ4n) is 3.19. The number of carbonyl (C=O) groups excluding carboxylic acids is 1. The van der Waals surface area contributed by atoms with Crippen LogP contribution in [0.4, 0.5) is 17.2 Å². The van der Waals surface area contributed by atoms with Gasteiger partial charge in [0.15, 0.2) is 0 Å². The molecule has 6 nitrogen and oxygen atoms in total. The molecular weight excluding hydrogens is 422 g/mol. The summed E-state index contributed by atoms with van der Waals surface area (Å²) in [5.74, 6) is 6.31. The molecule has 0 saturated carbocycles. The van der Waals surface area contributed by atoms with Gasteiger partial charge in [-0.1, -0.05) is 35.6 Å². The molecule has 0 aliphatic rings. The predicted octanol–water partition coefficient (Wildman–Crippen LogP) is 3.96. The monoisotopic (exact) mass is 441 g/mol. The summed E-state index contributed by atoms with van der Waals surface area (Å²) in [6, 6.07) is 17.8. The predicted molar refractivity (Wildman–Crippen MR) is 130 cm³/mol. The van der Waals surface area contributed by atoms with Gasteiger partial charge in [0.05, 0.1) is 16.9 Å². The number of pyridine rings is 1. The first-order valence-corrected chi connectivity index (χ1v) is 10.2. The van der Waals surface area contributed by atoms with Crippen LogP contribution in [0.1, 0.15) is 27.0 Å². The number of nitrogens with zero attached hydrogens (tertiary/aromatic N) is 1. The quantitative estimate of drug-likeness (QED) is 0.283. The van der Waals surface area contributed by atoms with Crippen molar-refractivity contribution in [3.05, 3.63) is 94.1 Å². The van der Waals surface area contributed by atoms with Crippen LogP contribution >= 0.6 is 11.6 Å². The van der Waals surface area contributed by atoms with Crippen molar-refractivity contribution in [2.24, 2.45) is 0 Å². The number of rotatable bonds is 3. The standard InChI is InChI=1S/C25H20ClN5O/c26-19-8-7-18-14-30-24(29)20(21(18)12-19)9-3-15-1-5-17(6-2-15)25(32)31-13-16-4-10-22(27)23(28)11-16/h1-2,4-8,10-12,14H,13,27-28H2,(H2,29,30)(H,31,32). The number of nitrogen functional groups attached to an aromatic ring is 3. The Morgan fingerprint density at radius 3 is 2.47 bits per heavy atom. The maximum absolute atomic E-state index is 12.4. The van der Waals surface area contributed by atoms with E-state index in [9.17, 15) is 4.79 Å². The van der Waals surface area contributed by atoms with Gasteiger partial charge in [-0.15, -0.1) is 0 Å². The first kappa shape index (κ1) is 21.0. The summed E-state index contributed by atoms with van der Waals surface area (Å²) in [5.41, 5.74) is 21.3. The molecule has 1 heterocycles. The highest BCUT2D eigenvalue weighted by atomic mass is 35.5. The van der Waals surface area contributed by atoms with Crippen molar-refractivity contribution in [1.82, 2.24) is 10.3 Å². The average molecular weight is 442 g/mol. The number of benzene rings is 3. The zero-order valence-electron chi connectivity index (χ0n) is 17.0. The largest absolute Gasteiger partial charge is 0.397 e. The van der Waals surface area contributed by atoms with Crippen LogP contribution in [0, 0.1) is 11.8 Å². The van der Waals surface area contributed by atoms with Gasteiger partial charge in [0.2, 0.25) is 0 Å². The molecule has 0 bridgehead atoms. The van der Waals surface area contributed by atoms with Gasteiger partial charge in [0, 0.05) is 39.7 Å². The molecule has 4 rings (SSSR count). The summed E-state index contributed by atoms with van der Waals surface area (Å²) in [6.07, 6.45) is 1.69. The number of anilines is 3. The molecule has 0 atom stereocenters. The highest BCUT2D eigenvalue weighted by Gasteiger charge is 2.07. The Morgan fingerprint density at radius 1 is 0.938 bits per heavy atom. The molecule has 158 valence electrons. The van der Waals surface area contributed by atoms with Crippen LogP contribution in [0.3, 0.4) is 0 Å². The normalized spacial score (nSPS) is 10.4. The molecule has 0 radical (unpaired) electrons. The molecule has 7 N–H and O–H groups in total. The Kier molecular flexibility index (Phi) is 5.84. The van der Waals surface area contributed by atoms with E-state index in [0.717, 1.165) is 21.9 Å². The third-order valence-corrected chi connectivity index (χ3v) is 5.20. The minimum atomic E-state index is -0.197. The molecule has 4 aromatic rings. The fourth-order valence-corrected chi connectivity index (χ4v) is 3.36. The highest BCUT2D eigenvalue weighted by molar-refractivity contribution is 6.31. The zero-order chi connectivity index (χ0) is 22.7. The number of carbonyl (C=O) groups is 1. The SMILES string of the molecule is Nc1ccc(CNC(=O)c2ccc(C#Cc3c(N)ncc4ccc(Cl)cc34)cc2)cc1N. The third kappa shape index (κ3) is 4.59. The lowest BCUT2D eigenvalue weighted by Gasteiger charge is -2.07. The third-order valence-electron chi connectivity index (χ3n) is 4.97. The second-order valence-electron chi connectivity index (χ2n) is 7.22. The van der Waals surface area contributed by atoms with Crippen LogP contribution in [0.15, 0.2) is 66.9 Å². The summed E-state index contributed by atoms with van der Waals surface area (Å²) >= 11 is 6.13. The van der Waals surface area contributed by atoms with Crippen LogP contribution in [-0.2, 0) is 6.54 Å². The Morgan fingerprint density at radius 2 is 1.72 bits per heavy atom. The molecule has 1 aromatic heterocycles. The number of nitrogens with two attached hydrogens (primary N) is 3. The van der Waals surface area contributed by atoms with Crippen LogP contribution in [0.2, 0.25) is 5.02 Å². The van der Waals surface area contributed by atoms with E-state index in [1.807, 2.05) is 18.2 Å². The lowest BCUT2D eigenvalue weighted by Crippen LogP contribution is -2.22. The van der Waals surface area contributed by atoms with Gasteiger partial charge < -0.3 is 22.5 Å². The summed E-state index contributed by atoms with van der Waals surface area (Å²) in [7, 11) is 0. The first-order chi connectivity index (χ1) is 15.4. The van der Waals surface area contributed by atoms with Crippen molar-refractivity contribution in [1.29, 1.82) is 0 Å². The number of halogens is 1. The van der Waals surface area contributed by atoms with E-state index in [2.05, 4.69) is 22.1 Å². The van der Waals surface area contributed by atoms with Gasteiger partial charge in [-0.05, 0) is 54.1 Å². The second kappa shape index (κ2) is 8.88. The second-order valence-corrected chi connectivity index (χ2v) is 7.66. The van der Waals surface area contributed by atoms with E-state index in [-0.39, 0.29) is 5.91 Å². The number of hydrogen-bond acceptors (Lipinski definition) is 5. The van der Waals surface area contributed by atoms with Gasteiger partial charge in [0.25, 0.3) is 5.91 Å².